The van der Waals surface area contributed by atoms with Gasteiger partial charge in [-0.05, 0) is 24.8 Å². The molecule has 1 heterocycles. The van der Waals surface area contributed by atoms with Crippen molar-refractivity contribution >= 4 is 23.4 Å². The number of hydrogen-bond donors (Lipinski definition) is 2. The highest BCUT2D eigenvalue weighted by Gasteiger charge is 2.31. The molecule has 5 nitrogen and oxygen atoms in total. The largest absolute Gasteiger partial charge is 0.383 e. The van der Waals surface area contributed by atoms with Gasteiger partial charge in [-0.25, -0.2) is 0 Å². The summed E-state index contributed by atoms with van der Waals surface area (Å²) in [5.41, 5.74) is 6.36. The lowest BCUT2D eigenvalue weighted by Gasteiger charge is -2.22. The molecule has 6 heteroatoms. The van der Waals surface area contributed by atoms with Crippen LogP contribution in [0.5, 0.6) is 0 Å². The summed E-state index contributed by atoms with van der Waals surface area (Å²) in [5, 5.41) is 10.1. The van der Waals surface area contributed by atoms with Gasteiger partial charge in [0, 0.05) is 19.0 Å². The highest BCUT2D eigenvalue weighted by Crippen LogP contribution is 2.19. The number of carbonyl (C=O) groups excluding carboxylic acids is 2. The minimum absolute atomic E-state index is 0.0342. The molecule has 0 aromatic heterocycles. The van der Waals surface area contributed by atoms with Crippen molar-refractivity contribution in [2.75, 3.05) is 13.1 Å². The zero-order valence-corrected chi connectivity index (χ0v) is 13.1. The van der Waals surface area contributed by atoms with E-state index in [9.17, 15) is 14.7 Å². The second kappa shape index (κ2) is 7.61. The molecule has 0 radical (unpaired) electrons. The van der Waals surface area contributed by atoms with Gasteiger partial charge < -0.3 is 15.7 Å². The van der Waals surface area contributed by atoms with E-state index in [2.05, 4.69) is 0 Å². The third-order valence-electron chi connectivity index (χ3n) is 3.96. The zero-order valence-electron chi connectivity index (χ0n) is 12.3. The van der Waals surface area contributed by atoms with Crippen LogP contribution < -0.4 is 5.73 Å². The molecule has 1 aliphatic rings. The van der Waals surface area contributed by atoms with E-state index in [-0.39, 0.29) is 17.7 Å². The summed E-state index contributed by atoms with van der Waals surface area (Å²) >= 11 is 5.97. The predicted octanol–water partition coefficient (Wildman–Crippen LogP) is 0.921. The number of alkyl halides is 1. The Morgan fingerprint density at radius 2 is 2.05 bits per heavy atom. The Bertz CT molecular complexity index is 523. The molecule has 2 rings (SSSR count). The summed E-state index contributed by atoms with van der Waals surface area (Å²) < 4.78 is 0. The first-order valence-corrected chi connectivity index (χ1v) is 7.85. The lowest BCUT2D eigenvalue weighted by atomic mass is 9.92. The van der Waals surface area contributed by atoms with Crippen LogP contribution in [0.25, 0.3) is 0 Å². The molecule has 3 atom stereocenters. The van der Waals surface area contributed by atoms with Gasteiger partial charge in [0.25, 0.3) is 5.91 Å². The van der Waals surface area contributed by atoms with Crippen LogP contribution >= 0.6 is 11.6 Å². The van der Waals surface area contributed by atoms with Gasteiger partial charge in [-0.2, -0.15) is 0 Å². The number of carbonyl (C=O) groups is 2. The standard InChI is InChI=1S/C16H21ClN2O3/c17-13-6-7-19(10-13)16(22)14(20)9-12(15(18)21)8-11-4-2-1-3-5-11/h1-5,12-14,20H,6-10H2,(H2,18,21)/t12-,13+,14?/m1/s1. The summed E-state index contributed by atoms with van der Waals surface area (Å²) in [6.45, 7) is 0.987. The van der Waals surface area contributed by atoms with Crippen molar-refractivity contribution in [1.29, 1.82) is 0 Å². The number of hydrogen-bond acceptors (Lipinski definition) is 3. The van der Waals surface area contributed by atoms with Crippen molar-refractivity contribution in [2.45, 2.75) is 30.7 Å². The molecule has 1 saturated heterocycles. The second-order valence-electron chi connectivity index (χ2n) is 5.71. The minimum Gasteiger partial charge on any atom is -0.383 e. The number of nitrogens with two attached hydrogens (primary N) is 1. The first-order chi connectivity index (χ1) is 10.5. The highest BCUT2D eigenvalue weighted by atomic mass is 35.5. The molecule has 2 amide bonds. The van der Waals surface area contributed by atoms with Crippen LogP contribution in [-0.2, 0) is 16.0 Å². The van der Waals surface area contributed by atoms with Gasteiger partial charge in [0.15, 0.2) is 0 Å². The normalized spacial score (nSPS) is 20.6. The van der Waals surface area contributed by atoms with Crippen molar-refractivity contribution in [3.63, 3.8) is 0 Å². The average Bonchev–Trinajstić information content (AvgIpc) is 2.93. The molecule has 1 unspecified atom stereocenters. The smallest absolute Gasteiger partial charge is 0.251 e. The van der Waals surface area contributed by atoms with Crippen molar-refractivity contribution < 1.29 is 14.7 Å². The first kappa shape index (κ1) is 16.8. The van der Waals surface area contributed by atoms with Gasteiger partial charge in [0.05, 0.1) is 5.38 Å². The molecule has 1 aromatic carbocycles. The van der Waals surface area contributed by atoms with Gasteiger partial charge in [-0.1, -0.05) is 30.3 Å². The van der Waals surface area contributed by atoms with Crippen LogP contribution in [-0.4, -0.2) is 46.4 Å². The molecule has 0 spiro atoms. The van der Waals surface area contributed by atoms with E-state index in [0.29, 0.717) is 19.5 Å². The number of rotatable bonds is 6. The maximum atomic E-state index is 12.2. The fraction of sp³-hybridized carbons (Fsp3) is 0.500. The summed E-state index contributed by atoms with van der Waals surface area (Å²) in [6.07, 6.45) is -0.0442. The van der Waals surface area contributed by atoms with E-state index in [1.54, 1.807) is 4.90 Å². The molecule has 1 aliphatic heterocycles. The van der Waals surface area contributed by atoms with Crippen LogP contribution in [0.15, 0.2) is 30.3 Å². The SMILES string of the molecule is NC(=O)[C@H](Cc1ccccc1)CC(O)C(=O)N1CC[C@H](Cl)C1. The van der Waals surface area contributed by atoms with Crippen LogP contribution in [0.4, 0.5) is 0 Å². The molecule has 0 bridgehead atoms. The number of halogens is 1. The molecular formula is C16H21ClN2O3. The van der Waals surface area contributed by atoms with Crippen LogP contribution in [0, 0.1) is 5.92 Å². The summed E-state index contributed by atoms with van der Waals surface area (Å²) in [7, 11) is 0. The minimum atomic E-state index is -1.22. The number of benzene rings is 1. The van der Waals surface area contributed by atoms with E-state index in [0.717, 1.165) is 12.0 Å². The molecule has 22 heavy (non-hydrogen) atoms. The lowest BCUT2D eigenvalue weighted by molar-refractivity contribution is -0.140. The Hall–Kier alpha value is -1.59. The molecular weight excluding hydrogens is 304 g/mol. The Morgan fingerprint density at radius 3 is 2.59 bits per heavy atom. The Balaban J connectivity index is 1.95. The van der Waals surface area contributed by atoms with Crippen LogP contribution in [0.1, 0.15) is 18.4 Å². The third-order valence-corrected chi connectivity index (χ3v) is 4.32. The van der Waals surface area contributed by atoms with Crippen LogP contribution in [0.3, 0.4) is 0 Å². The topological polar surface area (TPSA) is 83.6 Å². The van der Waals surface area contributed by atoms with Gasteiger partial charge in [-0.3, -0.25) is 9.59 Å². The molecule has 0 saturated carbocycles. The van der Waals surface area contributed by atoms with Crippen molar-refractivity contribution in [1.82, 2.24) is 4.90 Å². The zero-order chi connectivity index (χ0) is 16.1. The Morgan fingerprint density at radius 1 is 1.36 bits per heavy atom. The number of aliphatic hydroxyl groups excluding tert-OH is 1. The quantitative estimate of drug-likeness (QED) is 0.763. The van der Waals surface area contributed by atoms with Gasteiger partial charge in [0.1, 0.15) is 6.10 Å². The summed E-state index contributed by atoms with van der Waals surface area (Å²) in [6, 6.07) is 9.42. The monoisotopic (exact) mass is 324 g/mol. The summed E-state index contributed by atoms with van der Waals surface area (Å²) in [5.74, 6) is -1.45. The van der Waals surface area contributed by atoms with Gasteiger partial charge in [-0.15, -0.1) is 11.6 Å². The van der Waals surface area contributed by atoms with Gasteiger partial charge >= 0.3 is 0 Å². The number of aliphatic hydroxyl groups is 1. The molecule has 1 aromatic rings. The molecule has 0 aliphatic carbocycles. The number of amides is 2. The number of primary amides is 1. The van der Waals surface area contributed by atoms with E-state index < -0.39 is 17.9 Å². The van der Waals surface area contributed by atoms with Crippen molar-refractivity contribution in [3.05, 3.63) is 35.9 Å². The van der Waals surface area contributed by atoms with Crippen molar-refractivity contribution in [2.24, 2.45) is 11.7 Å². The molecule has 120 valence electrons. The highest BCUT2D eigenvalue weighted by molar-refractivity contribution is 6.21. The van der Waals surface area contributed by atoms with Crippen molar-refractivity contribution in [3.8, 4) is 0 Å². The molecule has 1 fully saturated rings. The van der Waals surface area contributed by atoms with Gasteiger partial charge in [0.2, 0.25) is 5.91 Å². The average molecular weight is 325 g/mol. The molecule has 3 N–H and O–H groups in total. The van der Waals surface area contributed by atoms with E-state index >= 15 is 0 Å². The lowest BCUT2D eigenvalue weighted by Crippen LogP contribution is -2.40. The fourth-order valence-electron chi connectivity index (χ4n) is 2.70. The predicted molar refractivity (Wildman–Crippen MR) is 84.3 cm³/mol. The second-order valence-corrected chi connectivity index (χ2v) is 6.33. The number of likely N-dealkylation sites (tertiary alicyclic amines) is 1. The maximum absolute atomic E-state index is 12.2. The van der Waals surface area contributed by atoms with E-state index in [1.807, 2.05) is 30.3 Å². The maximum Gasteiger partial charge on any atom is 0.251 e. The third kappa shape index (κ3) is 4.45. The van der Waals surface area contributed by atoms with E-state index in [4.69, 9.17) is 17.3 Å². The Labute approximate surface area is 135 Å². The summed E-state index contributed by atoms with van der Waals surface area (Å²) in [4.78, 5) is 25.3. The van der Waals surface area contributed by atoms with E-state index in [1.165, 1.54) is 0 Å². The fourth-order valence-corrected chi connectivity index (χ4v) is 2.96. The first-order valence-electron chi connectivity index (χ1n) is 7.41. The Kier molecular flexibility index (Phi) is 5.80. The number of nitrogens with zero attached hydrogens (tertiary/aromatic N) is 1. The van der Waals surface area contributed by atoms with Crippen LogP contribution in [0.2, 0.25) is 0 Å².